The van der Waals surface area contributed by atoms with Gasteiger partial charge in [-0.1, -0.05) is 36.4 Å². The Labute approximate surface area is 197 Å². The molecule has 1 unspecified atom stereocenters. The number of rotatable bonds is 6. The predicted molar refractivity (Wildman–Crippen MR) is 126 cm³/mol. The van der Waals surface area contributed by atoms with Crippen molar-refractivity contribution < 1.29 is 23.1 Å². The van der Waals surface area contributed by atoms with Crippen LogP contribution in [0.5, 0.6) is 0 Å². The van der Waals surface area contributed by atoms with E-state index in [1.165, 1.54) is 43.3 Å². The molecule has 1 aromatic heterocycles. The standard InChI is InChI=1S/C25H23N3O5S/c1-27(2)34(32,33)20-12-10-19(11-13-20)23(29)21-22(18-8-4-3-5-9-18)28(25(31)24(21)30)16-17-7-6-14-26-15-17/h3-15,22,29H,16H2,1-2H3. The van der Waals surface area contributed by atoms with E-state index in [2.05, 4.69) is 4.98 Å². The average molecular weight is 478 g/mol. The zero-order valence-corrected chi connectivity index (χ0v) is 19.4. The van der Waals surface area contributed by atoms with E-state index in [1.54, 1.807) is 48.8 Å². The first kappa shape index (κ1) is 23.3. The molecule has 8 nitrogen and oxygen atoms in total. The summed E-state index contributed by atoms with van der Waals surface area (Å²) < 4.78 is 25.8. The third-order valence-corrected chi connectivity index (χ3v) is 7.47. The highest BCUT2D eigenvalue weighted by atomic mass is 32.2. The smallest absolute Gasteiger partial charge is 0.295 e. The van der Waals surface area contributed by atoms with Crippen LogP contribution in [-0.2, 0) is 26.2 Å². The number of hydrogen-bond donors (Lipinski definition) is 1. The number of hydrogen-bond acceptors (Lipinski definition) is 6. The second-order valence-electron chi connectivity index (χ2n) is 8.01. The van der Waals surface area contributed by atoms with Gasteiger partial charge in [0.2, 0.25) is 10.0 Å². The lowest BCUT2D eigenvalue weighted by Crippen LogP contribution is -2.29. The molecule has 34 heavy (non-hydrogen) atoms. The number of ketones is 1. The third-order valence-electron chi connectivity index (χ3n) is 5.64. The Morgan fingerprint density at radius 2 is 1.68 bits per heavy atom. The van der Waals surface area contributed by atoms with E-state index in [0.29, 0.717) is 5.56 Å². The van der Waals surface area contributed by atoms with Crippen LogP contribution in [0.25, 0.3) is 5.76 Å². The van der Waals surface area contributed by atoms with Gasteiger partial charge in [-0.3, -0.25) is 14.6 Å². The van der Waals surface area contributed by atoms with E-state index in [9.17, 15) is 23.1 Å². The number of benzene rings is 2. The molecule has 0 aliphatic carbocycles. The van der Waals surface area contributed by atoms with Gasteiger partial charge in [0, 0.05) is 38.6 Å². The molecule has 1 N–H and O–H groups in total. The van der Waals surface area contributed by atoms with Crippen molar-refractivity contribution in [2.45, 2.75) is 17.5 Å². The number of Topliss-reactive ketones (excluding diaryl/α,β-unsaturated/α-hetero) is 1. The molecule has 1 fully saturated rings. The summed E-state index contributed by atoms with van der Waals surface area (Å²) in [5, 5.41) is 11.1. The first-order valence-electron chi connectivity index (χ1n) is 10.5. The number of nitrogens with zero attached hydrogens (tertiary/aromatic N) is 3. The normalized spacial score (nSPS) is 18.0. The number of likely N-dealkylation sites (tertiary alicyclic amines) is 1. The number of carbonyl (C=O) groups is 2. The van der Waals surface area contributed by atoms with E-state index >= 15 is 0 Å². The third kappa shape index (κ3) is 4.23. The van der Waals surface area contributed by atoms with Gasteiger partial charge in [-0.05, 0) is 41.5 Å². The van der Waals surface area contributed by atoms with Crippen LogP contribution in [0.1, 0.15) is 22.7 Å². The van der Waals surface area contributed by atoms with Gasteiger partial charge >= 0.3 is 0 Å². The molecule has 0 bridgehead atoms. The number of sulfonamides is 1. The second kappa shape index (κ2) is 9.20. The highest BCUT2D eigenvalue weighted by Gasteiger charge is 2.46. The van der Waals surface area contributed by atoms with Crippen LogP contribution >= 0.6 is 0 Å². The molecule has 1 aliphatic heterocycles. The highest BCUT2D eigenvalue weighted by Crippen LogP contribution is 2.40. The van der Waals surface area contributed by atoms with E-state index < -0.39 is 27.8 Å². The van der Waals surface area contributed by atoms with Crippen LogP contribution in [0.4, 0.5) is 0 Å². The maximum atomic E-state index is 13.1. The lowest BCUT2D eigenvalue weighted by Gasteiger charge is -2.25. The number of amides is 1. The van der Waals surface area contributed by atoms with Crippen molar-refractivity contribution >= 4 is 27.5 Å². The van der Waals surface area contributed by atoms with Gasteiger partial charge in [0.1, 0.15) is 5.76 Å². The van der Waals surface area contributed by atoms with Gasteiger partial charge < -0.3 is 10.0 Å². The molecule has 1 aliphatic rings. The summed E-state index contributed by atoms with van der Waals surface area (Å²) >= 11 is 0. The summed E-state index contributed by atoms with van der Waals surface area (Å²) in [6.45, 7) is 0.134. The molecule has 0 saturated carbocycles. The maximum absolute atomic E-state index is 13.1. The fourth-order valence-corrected chi connectivity index (χ4v) is 4.77. The van der Waals surface area contributed by atoms with Crippen molar-refractivity contribution in [3.63, 3.8) is 0 Å². The minimum Gasteiger partial charge on any atom is -0.507 e. The number of aliphatic hydroxyl groups excluding tert-OH is 1. The highest BCUT2D eigenvalue weighted by molar-refractivity contribution is 7.89. The molecule has 174 valence electrons. The molecule has 1 saturated heterocycles. The zero-order valence-electron chi connectivity index (χ0n) is 18.6. The fraction of sp³-hybridized carbons (Fsp3) is 0.160. The van der Waals surface area contributed by atoms with E-state index in [4.69, 9.17) is 0 Å². The largest absolute Gasteiger partial charge is 0.507 e. The number of pyridine rings is 1. The van der Waals surface area contributed by atoms with Gasteiger partial charge in [0.05, 0.1) is 16.5 Å². The van der Waals surface area contributed by atoms with E-state index in [-0.39, 0.29) is 28.3 Å². The van der Waals surface area contributed by atoms with Crippen molar-refractivity contribution in [2.75, 3.05) is 14.1 Å². The summed E-state index contributed by atoms with van der Waals surface area (Å²) in [5.74, 6) is -1.90. The van der Waals surface area contributed by atoms with E-state index in [1.807, 2.05) is 6.07 Å². The van der Waals surface area contributed by atoms with Gasteiger partial charge in [-0.25, -0.2) is 12.7 Å². The van der Waals surface area contributed by atoms with Crippen LogP contribution in [0.2, 0.25) is 0 Å². The van der Waals surface area contributed by atoms with Crippen LogP contribution in [0, 0.1) is 0 Å². The maximum Gasteiger partial charge on any atom is 0.295 e. The van der Waals surface area contributed by atoms with Crippen molar-refractivity contribution in [1.82, 2.24) is 14.2 Å². The summed E-state index contributed by atoms with van der Waals surface area (Å²) in [5.41, 5.74) is 1.59. The van der Waals surface area contributed by atoms with Crippen LogP contribution in [0.15, 0.2) is 89.6 Å². The predicted octanol–water partition coefficient (Wildman–Crippen LogP) is 2.95. The average Bonchev–Trinajstić information content (AvgIpc) is 3.09. The van der Waals surface area contributed by atoms with Crippen molar-refractivity contribution in [3.8, 4) is 0 Å². The molecule has 0 radical (unpaired) electrons. The Bertz CT molecular complexity index is 1350. The number of aromatic nitrogens is 1. The van der Waals surface area contributed by atoms with Gasteiger partial charge in [-0.2, -0.15) is 0 Å². The van der Waals surface area contributed by atoms with Crippen molar-refractivity contribution in [2.24, 2.45) is 0 Å². The lowest BCUT2D eigenvalue weighted by atomic mass is 9.95. The van der Waals surface area contributed by atoms with Gasteiger partial charge in [-0.15, -0.1) is 0 Å². The Morgan fingerprint density at radius 3 is 2.26 bits per heavy atom. The number of aliphatic hydroxyl groups is 1. The quantitative estimate of drug-likeness (QED) is 0.332. The molecular weight excluding hydrogens is 454 g/mol. The second-order valence-corrected chi connectivity index (χ2v) is 10.2. The van der Waals surface area contributed by atoms with Gasteiger partial charge in [0.15, 0.2) is 0 Å². The van der Waals surface area contributed by atoms with Crippen LogP contribution < -0.4 is 0 Å². The molecule has 1 atom stereocenters. The van der Waals surface area contributed by atoms with Crippen molar-refractivity contribution in [1.29, 1.82) is 0 Å². The summed E-state index contributed by atoms with van der Waals surface area (Å²) in [6.07, 6.45) is 3.23. The SMILES string of the molecule is CN(C)S(=O)(=O)c1ccc(C(O)=C2C(=O)C(=O)N(Cc3cccnc3)C2c2ccccc2)cc1. The van der Waals surface area contributed by atoms with E-state index in [0.717, 1.165) is 9.87 Å². The number of carbonyl (C=O) groups excluding carboxylic acids is 2. The lowest BCUT2D eigenvalue weighted by molar-refractivity contribution is -0.140. The molecule has 2 heterocycles. The topological polar surface area (TPSA) is 108 Å². The van der Waals surface area contributed by atoms with Crippen LogP contribution in [0.3, 0.4) is 0 Å². The van der Waals surface area contributed by atoms with Gasteiger partial charge in [0.25, 0.3) is 11.7 Å². The monoisotopic (exact) mass is 477 g/mol. The van der Waals surface area contributed by atoms with Crippen molar-refractivity contribution in [3.05, 3.63) is 101 Å². The molecule has 1 amide bonds. The summed E-state index contributed by atoms with van der Waals surface area (Å²) in [6, 6.07) is 17.3. The Hall–Kier alpha value is -3.82. The Kier molecular flexibility index (Phi) is 6.32. The molecule has 3 aromatic rings. The fourth-order valence-electron chi connectivity index (χ4n) is 3.86. The molecule has 0 spiro atoms. The minimum atomic E-state index is -3.65. The Morgan fingerprint density at radius 1 is 1.00 bits per heavy atom. The minimum absolute atomic E-state index is 0.0469. The Balaban J connectivity index is 1.81. The first-order chi connectivity index (χ1) is 16.2. The molecule has 4 rings (SSSR count). The molecular formula is C25H23N3O5S. The first-order valence-corrected chi connectivity index (χ1v) is 11.9. The zero-order chi connectivity index (χ0) is 24.5. The summed E-state index contributed by atoms with van der Waals surface area (Å²) in [4.78, 5) is 31.6. The molecule has 2 aromatic carbocycles. The molecule has 9 heteroatoms. The van der Waals surface area contributed by atoms with Crippen LogP contribution in [-0.4, -0.2) is 53.5 Å². The summed E-state index contributed by atoms with van der Waals surface area (Å²) in [7, 11) is -0.808.